The second-order valence-corrected chi connectivity index (χ2v) is 10.7. The molecule has 0 unspecified atom stereocenters. The van der Waals surface area contributed by atoms with Crippen LogP contribution in [0.5, 0.6) is 0 Å². The Hall–Kier alpha value is -2.98. The fourth-order valence-electron chi connectivity index (χ4n) is 4.28. The molecule has 192 valence electrons. The first kappa shape index (κ1) is 26.6. The number of rotatable bonds is 4. The standard InChI is InChI=1S/C30H17F6IS/c31-29(32,33)26-15-25(16-27(17-26)30(34,35)36)23-8-6-21-5-7-22(13-24(21)14-23)20-3-1-18(2-4-20)19-9-11-28(38-37)12-10-19/h1-17H. The molecule has 0 spiro atoms. The van der Waals surface area contributed by atoms with Gasteiger partial charge in [0, 0.05) is 26.1 Å². The highest BCUT2D eigenvalue weighted by Gasteiger charge is 2.37. The van der Waals surface area contributed by atoms with Crippen molar-refractivity contribution >= 4 is 40.9 Å². The van der Waals surface area contributed by atoms with Crippen molar-refractivity contribution in [1.82, 2.24) is 0 Å². The van der Waals surface area contributed by atoms with Crippen molar-refractivity contribution in [2.24, 2.45) is 0 Å². The lowest BCUT2D eigenvalue weighted by Gasteiger charge is -2.15. The number of benzene rings is 5. The molecule has 0 aliphatic heterocycles. The minimum Gasteiger partial charge on any atom is -0.166 e. The van der Waals surface area contributed by atoms with Crippen LogP contribution in [0.2, 0.25) is 0 Å². The fourth-order valence-corrected chi connectivity index (χ4v) is 5.40. The predicted octanol–water partition coefficient (Wildman–Crippen LogP) is 11.3. The molecule has 0 saturated carbocycles. The number of alkyl halides is 6. The Bertz CT molecular complexity index is 1570. The Morgan fingerprint density at radius 3 is 1.26 bits per heavy atom. The molecule has 0 N–H and O–H groups in total. The van der Waals surface area contributed by atoms with Gasteiger partial charge in [-0.1, -0.05) is 69.6 Å². The maximum Gasteiger partial charge on any atom is 0.416 e. The molecule has 5 aromatic carbocycles. The van der Waals surface area contributed by atoms with Gasteiger partial charge in [0.2, 0.25) is 0 Å². The van der Waals surface area contributed by atoms with Crippen LogP contribution < -0.4 is 0 Å². The van der Waals surface area contributed by atoms with Crippen LogP contribution in [-0.2, 0) is 12.4 Å². The van der Waals surface area contributed by atoms with E-state index >= 15 is 0 Å². The Morgan fingerprint density at radius 1 is 0.421 bits per heavy atom. The van der Waals surface area contributed by atoms with E-state index in [1.807, 2.05) is 42.5 Å². The largest absolute Gasteiger partial charge is 0.416 e. The summed E-state index contributed by atoms with van der Waals surface area (Å²) in [4.78, 5) is 1.17. The van der Waals surface area contributed by atoms with Crippen LogP contribution in [0, 0.1) is 0 Å². The summed E-state index contributed by atoms with van der Waals surface area (Å²) in [7, 11) is 1.65. The molecule has 0 aliphatic rings. The third-order valence-corrected chi connectivity index (χ3v) is 8.23. The fraction of sp³-hybridized carbons (Fsp3) is 0.0667. The molecular formula is C30H17F6IS. The summed E-state index contributed by atoms with van der Waals surface area (Å²) in [5.41, 5.74) is 1.44. The summed E-state index contributed by atoms with van der Waals surface area (Å²) in [6.45, 7) is 0. The van der Waals surface area contributed by atoms with Crippen molar-refractivity contribution in [3.05, 3.63) is 114 Å². The van der Waals surface area contributed by atoms with Crippen molar-refractivity contribution in [2.45, 2.75) is 17.2 Å². The van der Waals surface area contributed by atoms with Crippen molar-refractivity contribution in [1.29, 1.82) is 0 Å². The quantitative estimate of drug-likeness (QED) is 0.138. The Balaban J connectivity index is 1.51. The number of hydrogen-bond acceptors (Lipinski definition) is 1. The van der Waals surface area contributed by atoms with E-state index in [4.69, 9.17) is 0 Å². The van der Waals surface area contributed by atoms with Crippen molar-refractivity contribution in [3.63, 3.8) is 0 Å². The predicted molar refractivity (Wildman–Crippen MR) is 150 cm³/mol. The molecule has 0 amide bonds. The highest BCUT2D eigenvalue weighted by molar-refractivity contribution is 14.2. The zero-order valence-electron chi connectivity index (χ0n) is 19.4. The zero-order valence-corrected chi connectivity index (χ0v) is 22.3. The first-order chi connectivity index (χ1) is 18.0. The minimum absolute atomic E-state index is 0.142. The molecule has 38 heavy (non-hydrogen) atoms. The molecule has 5 aromatic rings. The second kappa shape index (κ2) is 10.3. The zero-order chi connectivity index (χ0) is 27.1. The summed E-state index contributed by atoms with van der Waals surface area (Å²) < 4.78 is 80.1. The molecule has 0 heterocycles. The number of hydrogen-bond donors (Lipinski definition) is 0. The van der Waals surface area contributed by atoms with Gasteiger partial charge in [0.15, 0.2) is 0 Å². The molecule has 0 aliphatic carbocycles. The van der Waals surface area contributed by atoms with Gasteiger partial charge in [-0.2, -0.15) is 26.3 Å². The Kier molecular flexibility index (Phi) is 7.21. The molecule has 0 atom stereocenters. The van der Waals surface area contributed by atoms with E-state index in [9.17, 15) is 26.3 Å². The van der Waals surface area contributed by atoms with Crippen LogP contribution in [0.3, 0.4) is 0 Å². The van der Waals surface area contributed by atoms with E-state index in [2.05, 4.69) is 45.5 Å². The third kappa shape index (κ3) is 5.71. The van der Waals surface area contributed by atoms with Gasteiger partial charge in [0.25, 0.3) is 0 Å². The lowest BCUT2D eigenvalue weighted by atomic mass is 9.95. The van der Waals surface area contributed by atoms with E-state index in [1.54, 1.807) is 21.1 Å². The summed E-state index contributed by atoms with van der Waals surface area (Å²) in [5.74, 6) is 0. The average Bonchev–Trinajstić information content (AvgIpc) is 2.91. The molecule has 5 rings (SSSR count). The van der Waals surface area contributed by atoms with Gasteiger partial charge in [0.1, 0.15) is 0 Å². The van der Waals surface area contributed by atoms with Crippen molar-refractivity contribution in [2.75, 3.05) is 0 Å². The summed E-state index contributed by atoms with van der Waals surface area (Å²) in [5, 5.41) is 1.53. The molecule has 0 radical (unpaired) electrons. The van der Waals surface area contributed by atoms with E-state index < -0.39 is 23.5 Å². The molecule has 8 heteroatoms. The molecule has 0 nitrogen and oxygen atoms in total. The van der Waals surface area contributed by atoms with E-state index in [1.165, 1.54) is 11.0 Å². The van der Waals surface area contributed by atoms with Gasteiger partial charge in [-0.05, 0) is 86.6 Å². The number of fused-ring (bicyclic) bond motifs is 1. The van der Waals surface area contributed by atoms with Gasteiger partial charge in [0.05, 0.1) is 11.1 Å². The van der Waals surface area contributed by atoms with Gasteiger partial charge >= 0.3 is 12.4 Å². The van der Waals surface area contributed by atoms with Crippen LogP contribution in [-0.4, -0.2) is 0 Å². The Labute approximate surface area is 231 Å². The highest BCUT2D eigenvalue weighted by Crippen LogP contribution is 2.39. The monoisotopic (exact) mass is 650 g/mol. The Morgan fingerprint density at radius 2 is 0.816 bits per heavy atom. The van der Waals surface area contributed by atoms with Gasteiger partial charge in [-0.25, -0.2) is 0 Å². The third-order valence-electron chi connectivity index (χ3n) is 6.26. The van der Waals surface area contributed by atoms with Crippen molar-refractivity contribution in [3.8, 4) is 33.4 Å². The lowest BCUT2D eigenvalue weighted by Crippen LogP contribution is -2.11. The van der Waals surface area contributed by atoms with E-state index in [0.717, 1.165) is 39.8 Å². The maximum absolute atomic E-state index is 13.3. The van der Waals surface area contributed by atoms with Crippen LogP contribution in [0.4, 0.5) is 26.3 Å². The van der Waals surface area contributed by atoms with Gasteiger partial charge < -0.3 is 0 Å². The van der Waals surface area contributed by atoms with Crippen LogP contribution in [0.1, 0.15) is 11.1 Å². The molecular weight excluding hydrogens is 633 g/mol. The molecule has 0 aromatic heterocycles. The highest BCUT2D eigenvalue weighted by atomic mass is 127. The van der Waals surface area contributed by atoms with E-state index in [0.29, 0.717) is 5.39 Å². The lowest BCUT2D eigenvalue weighted by molar-refractivity contribution is -0.143. The van der Waals surface area contributed by atoms with Crippen molar-refractivity contribution < 1.29 is 26.3 Å². The smallest absolute Gasteiger partial charge is 0.166 e. The first-order valence-electron chi connectivity index (χ1n) is 11.3. The van der Waals surface area contributed by atoms with Gasteiger partial charge in [-0.3, -0.25) is 0 Å². The molecule has 0 saturated heterocycles. The molecule has 0 bridgehead atoms. The van der Waals surface area contributed by atoms with E-state index in [-0.39, 0.29) is 17.2 Å². The number of halogens is 7. The maximum atomic E-state index is 13.3. The SMILES string of the molecule is FC(F)(F)c1cc(-c2ccc3ccc(-c4ccc(-c5ccc(SI)cc5)cc4)cc3c2)cc(C(F)(F)F)c1. The van der Waals surface area contributed by atoms with Gasteiger partial charge in [-0.15, -0.1) is 0 Å². The second-order valence-electron chi connectivity index (χ2n) is 8.75. The van der Waals surface area contributed by atoms with Crippen LogP contribution >= 0.6 is 30.1 Å². The van der Waals surface area contributed by atoms with Crippen LogP contribution in [0.15, 0.2) is 108 Å². The minimum atomic E-state index is -4.90. The summed E-state index contributed by atoms with van der Waals surface area (Å²) in [6, 6.07) is 28.5. The first-order valence-corrected chi connectivity index (χ1v) is 14.7. The van der Waals surface area contributed by atoms with Crippen LogP contribution in [0.25, 0.3) is 44.2 Å². The normalized spacial score (nSPS) is 12.2. The summed E-state index contributed by atoms with van der Waals surface area (Å²) in [6.07, 6.45) is -9.80. The summed E-state index contributed by atoms with van der Waals surface area (Å²) >= 11 is 2.24. The average molecular weight is 650 g/mol. The topological polar surface area (TPSA) is 0 Å². The molecule has 0 fully saturated rings.